The number of ether oxygens (including phenoxy) is 1. The molecule has 2 nitrogen and oxygen atoms in total. The van der Waals surface area contributed by atoms with Gasteiger partial charge in [-0.05, 0) is 22.6 Å². The molecule has 0 spiro atoms. The van der Waals surface area contributed by atoms with E-state index < -0.39 is 0 Å². The van der Waals surface area contributed by atoms with Crippen LogP contribution in [0.5, 0.6) is 0 Å². The van der Waals surface area contributed by atoms with Gasteiger partial charge in [0.25, 0.3) is 0 Å². The first-order valence-electron chi connectivity index (χ1n) is 5.14. The van der Waals surface area contributed by atoms with Gasteiger partial charge in [-0.2, -0.15) is 0 Å². The summed E-state index contributed by atoms with van der Waals surface area (Å²) >= 11 is 0. The molecule has 0 fully saturated rings. The fourth-order valence-electron chi connectivity index (χ4n) is 1.83. The van der Waals surface area contributed by atoms with Gasteiger partial charge >= 0.3 is 0 Å². The molecule has 0 saturated heterocycles. The Labute approximate surface area is 85.1 Å². The van der Waals surface area contributed by atoms with Crippen LogP contribution < -0.4 is 5.73 Å². The quantitative estimate of drug-likeness (QED) is 0.739. The molecule has 2 heteroatoms. The number of hydrogen-bond acceptors (Lipinski definition) is 2. The van der Waals surface area contributed by atoms with Crippen molar-refractivity contribution < 1.29 is 4.74 Å². The molecular weight excluding hydrogens is 174 g/mol. The number of hydrogen-bond donors (Lipinski definition) is 1. The molecule has 1 heterocycles. The third-order valence-corrected chi connectivity index (χ3v) is 2.79. The lowest BCUT2D eigenvalue weighted by atomic mass is 9.93. The lowest BCUT2D eigenvalue weighted by Crippen LogP contribution is -2.23. The maximum absolute atomic E-state index is 5.99. The minimum Gasteiger partial charge on any atom is -0.375 e. The van der Waals surface area contributed by atoms with Gasteiger partial charge in [-0.25, -0.2) is 0 Å². The Balaban J connectivity index is 2.41. The molecule has 1 atom stereocenters. The Morgan fingerprint density at radius 3 is 2.93 bits per heavy atom. The number of benzene rings is 1. The summed E-state index contributed by atoms with van der Waals surface area (Å²) in [5, 5.41) is 0. The predicted molar refractivity (Wildman–Crippen MR) is 57.1 cm³/mol. The Morgan fingerprint density at radius 1 is 1.43 bits per heavy atom. The van der Waals surface area contributed by atoms with Gasteiger partial charge in [0.05, 0.1) is 19.3 Å². The SMILES string of the molecule is CC(C)c1ccc2c(c1)[C@@H](N)COC2. The van der Waals surface area contributed by atoms with Crippen LogP contribution in [-0.2, 0) is 11.3 Å². The van der Waals surface area contributed by atoms with Gasteiger partial charge in [0.15, 0.2) is 0 Å². The van der Waals surface area contributed by atoms with Crippen LogP contribution in [0.25, 0.3) is 0 Å². The van der Waals surface area contributed by atoms with Crippen LogP contribution in [0.1, 0.15) is 42.5 Å². The normalized spacial score (nSPS) is 21.0. The summed E-state index contributed by atoms with van der Waals surface area (Å²) in [5.74, 6) is 0.565. The lowest BCUT2D eigenvalue weighted by Gasteiger charge is -2.23. The highest BCUT2D eigenvalue weighted by Gasteiger charge is 2.17. The molecule has 0 amide bonds. The van der Waals surface area contributed by atoms with Crippen LogP contribution in [0.2, 0.25) is 0 Å². The summed E-state index contributed by atoms with van der Waals surface area (Å²) in [6.45, 7) is 5.76. The van der Waals surface area contributed by atoms with Crippen molar-refractivity contribution in [3.63, 3.8) is 0 Å². The maximum Gasteiger partial charge on any atom is 0.0721 e. The van der Waals surface area contributed by atoms with Gasteiger partial charge in [-0.1, -0.05) is 32.0 Å². The van der Waals surface area contributed by atoms with Gasteiger partial charge < -0.3 is 10.5 Å². The molecule has 0 radical (unpaired) electrons. The molecule has 1 aromatic rings. The Morgan fingerprint density at radius 2 is 2.21 bits per heavy atom. The molecule has 0 aromatic heterocycles. The van der Waals surface area contributed by atoms with Crippen molar-refractivity contribution in [2.24, 2.45) is 5.73 Å². The number of fused-ring (bicyclic) bond motifs is 1. The van der Waals surface area contributed by atoms with Crippen molar-refractivity contribution in [3.8, 4) is 0 Å². The number of rotatable bonds is 1. The first-order valence-corrected chi connectivity index (χ1v) is 5.14. The Bertz CT molecular complexity index is 333. The molecule has 0 saturated carbocycles. The fraction of sp³-hybridized carbons (Fsp3) is 0.500. The van der Waals surface area contributed by atoms with E-state index in [-0.39, 0.29) is 6.04 Å². The van der Waals surface area contributed by atoms with Crippen LogP contribution in [0.15, 0.2) is 18.2 Å². The van der Waals surface area contributed by atoms with E-state index in [1.165, 1.54) is 16.7 Å². The second-order valence-corrected chi connectivity index (χ2v) is 4.23. The van der Waals surface area contributed by atoms with Crippen LogP contribution in [0.3, 0.4) is 0 Å². The highest BCUT2D eigenvalue weighted by atomic mass is 16.5. The molecular formula is C12H17NO. The zero-order chi connectivity index (χ0) is 10.1. The maximum atomic E-state index is 5.99. The van der Waals surface area contributed by atoms with E-state index in [1.54, 1.807) is 0 Å². The minimum atomic E-state index is 0.0532. The van der Waals surface area contributed by atoms with Crippen molar-refractivity contribution in [1.82, 2.24) is 0 Å². The summed E-state index contributed by atoms with van der Waals surface area (Å²) in [4.78, 5) is 0. The van der Waals surface area contributed by atoms with Crippen molar-refractivity contribution in [2.45, 2.75) is 32.4 Å². The summed E-state index contributed by atoms with van der Waals surface area (Å²) in [7, 11) is 0. The standard InChI is InChI=1S/C12H17NO/c1-8(2)9-3-4-10-6-14-7-12(13)11(10)5-9/h3-5,8,12H,6-7,13H2,1-2H3/t12-/m0/s1. The molecule has 1 aliphatic heterocycles. The van der Waals surface area contributed by atoms with Crippen molar-refractivity contribution in [2.75, 3.05) is 6.61 Å². The van der Waals surface area contributed by atoms with E-state index in [2.05, 4.69) is 32.0 Å². The van der Waals surface area contributed by atoms with Crippen LogP contribution in [-0.4, -0.2) is 6.61 Å². The summed E-state index contributed by atoms with van der Waals surface area (Å²) in [5.41, 5.74) is 9.86. The van der Waals surface area contributed by atoms with Crippen molar-refractivity contribution in [3.05, 3.63) is 34.9 Å². The zero-order valence-corrected chi connectivity index (χ0v) is 8.79. The van der Waals surface area contributed by atoms with Gasteiger partial charge in [0.2, 0.25) is 0 Å². The van der Waals surface area contributed by atoms with E-state index in [4.69, 9.17) is 10.5 Å². The predicted octanol–water partition coefficient (Wildman–Crippen LogP) is 2.34. The van der Waals surface area contributed by atoms with Gasteiger partial charge in [-0.15, -0.1) is 0 Å². The monoisotopic (exact) mass is 191 g/mol. The van der Waals surface area contributed by atoms with Crippen molar-refractivity contribution in [1.29, 1.82) is 0 Å². The highest BCUT2D eigenvalue weighted by molar-refractivity contribution is 5.36. The Kier molecular flexibility index (Phi) is 2.57. The highest BCUT2D eigenvalue weighted by Crippen LogP contribution is 2.26. The molecule has 0 unspecified atom stereocenters. The zero-order valence-electron chi connectivity index (χ0n) is 8.79. The first-order chi connectivity index (χ1) is 6.68. The van der Waals surface area contributed by atoms with E-state index in [1.807, 2.05) is 0 Å². The van der Waals surface area contributed by atoms with Crippen molar-refractivity contribution >= 4 is 0 Å². The summed E-state index contributed by atoms with van der Waals surface area (Å²) < 4.78 is 5.38. The number of nitrogens with two attached hydrogens (primary N) is 1. The third-order valence-electron chi connectivity index (χ3n) is 2.79. The topological polar surface area (TPSA) is 35.2 Å². The first kappa shape index (κ1) is 9.69. The third kappa shape index (κ3) is 1.68. The second kappa shape index (κ2) is 3.71. The molecule has 14 heavy (non-hydrogen) atoms. The lowest BCUT2D eigenvalue weighted by molar-refractivity contribution is 0.0923. The smallest absolute Gasteiger partial charge is 0.0721 e. The average molecular weight is 191 g/mol. The van der Waals surface area contributed by atoms with Crippen LogP contribution in [0.4, 0.5) is 0 Å². The molecule has 1 aromatic carbocycles. The van der Waals surface area contributed by atoms with E-state index >= 15 is 0 Å². The van der Waals surface area contributed by atoms with Gasteiger partial charge in [-0.3, -0.25) is 0 Å². The van der Waals surface area contributed by atoms with Gasteiger partial charge in [0.1, 0.15) is 0 Å². The fourth-order valence-corrected chi connectivity index (χ4v) is 1.83. The minimum absolute atomic E-state index is 0.0532. The summed E-state index contributed by atoms with van der Waals surface area (Å²) in [6, 6.07) is 6.60. The van der Waals surface area contributed by atoms with Crippen LogP contribution in [0, 0.1) is 0 Å². The molecule has 2 N–H and O–H groups in total. The average Bonchev–Trinajstić information content (AvgIpc) is 2.18. The van der Waals surface area contributed by atoms with Gasteiger partial charge in [0, 0.05) is 0 Å². The summed E-state index contributed by atoms with van der Waals surface area (Å²) in [6.07, 6.45) is 0. The molecule has 2 rings (SSSR count). The van der Waals surface area contributed by atoms with E-state index in [0.29, 0.717) is 19.1 Å². The Hall–Kier alpha value is -0.860. The van der Waals surface area contributed by atoms with E-state index in [0.717, 1.165) is 0 Å². The van der Waals surface area contributed by atoms with Crippen LogP contribution >= 0.6 is 0 Å². The molecule has 76 valence electrons. The second-order valence-electron chi connectivity index (χ2n) is 4.23. The van der Waals surface area contributed by atoms with E-state index in [9.17, 15) is 0 Å². The molecule has 0 aliphatic carbocycles. The largest absolute Gasteiger partial charge is 0.375 e. The molecule has 1 aliphatic rings. The molecule has 0 bridgehead atoms.